The van der Waals surface area contributed by atoms with Gasteiger partial charge in [0.25, 0.3) is 5.91 Å². The molecule has 1 atom stereocenters. The van der Waals surface area contributed by atoms with E-state index in [1.165, 1.54) is 23.3 Å². The number of ether oxygens (including phenoxy) is 1. The molecule has 30 heavy (non-hydrogen) atoms. The number of hydrogen-bond donors (Lipinski definition) is 0. The predicted octanol–water partition coefficient (Wildman–Crippen LogP) is 3.82. The van der Waals surface area contributed by atoms with Crippen molar-refractivity contribution in [2.45, 2.75) is 50.9 Å². The van der Waals surface area contributed by atoms with Gasteiger partial charge in [-0.05, 0) is 62.1 Å². The van der Waals surface area contributed by atoms with Crippen molar-refractivity contribution in [1.29, 1.82) is 0 Å². The maximum absolute atomic E-state index is 13.8. The first-order valence-electron chi connectivity index (χ1n) is 10.9. The summed E-state index contributed by atoms with van der Waals surface area (Å²) in [6.07, 6.45) is 3.21. The van der Waals surface area contributed by atoms with Gasteiger partial charge in [0.15, 0.2) is 0 Å². The van der Waals surface area contributed by atoms with Crippen molar-refractivity contribution in [2.75, 3.05) is 26.7 Å². The van der Waals surface area contributed by atoms with E-state index in [1.54, 1.807) is 12.1 Å². The quantitative estimate of drug-likeness (QED) is 0.751. The molecule has 160 valence electrons. The second kappa shape index (κ2) is 8.86. The topological polar surface area (TPSA) is 32.8 Å². The summed E-state index contributed by atoms with van der Waals surface area (Å²) in [6, 6.07) is 14.7. The number of hydrogen-bond acceptors (Lipinski definition) is 3. The average Bonchev–Trinajstić information content (AvgIpc) is 2.76. The predicted molar refractivity (Wildman–Crippen MR) is 116 cm³/mol. The molecule has 4 nitrogen and oxygen atoms in total. The largest absolute Gasteiger partial charge is 0.362 e. The summed E-state index contributed by atoms with van der Waals surface area (Å²) >= 11 is 0. The summed E-state index contributed by atoms with van der Waals surface area (Å²) in [5.41, 5.74) is 2.47. The first-order chi connectivity index (χ1) is 14.4. The van der Waals surface area contributed by atoms with Crippen molar-refractivity contribution in [2.24, 2.45) is 0 Å². The molecule has 1 fully saturated rings. The third-order valence-electron chi connectivity index (χ3n) is 6.42. The number of likely N-dealkylation sites (tertiary alicyclic amines) is 1. The van der Waals surface area contributed by atoms with Crippen LogP contribution in [-0.2, 0) is 28.9 Å². The van der Waals surface area contributed by atoms with Crippen molar-refractivity contribution in [3.63, 3.8) is 0 Å². The molecule has 2 heterocycles. The zero-order valence-electron chi connectivity index (χ0n) is 17.9. The van der Waals surface area contributed by atoms with Crippen molar-refractivity contribution >= 4 is 5.91 Å². The third-order valence-corrected chi connectivity index (χ3v) is 6.42. The van der Waals surface area contributed by atoms with Gasteiger partial charge in [-0.15, -0.1) is 0 Å². The molecule has 0 saturated carbocycles. The molecule has 2 aromatic rings. The first kappa shape index (κ1) is 21.0. The zero-order chi connectivity index (χ0) is 21.1. The van der Waals surface area contributed by atoms with Crippen LogP contribution in [-0.4, -0.2) is 54.1 Å². The van der Waals surface area contributed by atoms with E-state index in [9.17, 15) is 9.18 Å². The minimum Gasteiger partial charge on any atom is -0.362 e. The molecule has 0 N–H and O–H groups in total. The van der Waals surface area contributed by atoms with Crippen molar-refractivity contribution < 1.29 is 13.9 Å². The van der Waals surface area contributed by atoms with E-state index in [1.807, 2.05) is 17.9 Å². The molecule has 1 saturated heterocycles. The molecule has 2 aromatic carbocycles. The van der Waals surface area contributed by atoms with Crippen LogP contribution in [0.5, 0.6) is 0 Å². The summed E-state index contributed by atoms with van der Waals surface area (Å²) in [4.78, 5) is 18.0. The number of amides is 1. The van der Waals surface area contributed by atoms with Gasteiger partial charge < -0.3 is 14.5 Å². The van der Waals surface area contributed by atoms with E-state index in [-0.39, 0.29) is 17.8 Å². The molecular formula is C25H31FN2O2. The summed E-state index contributed by atoms with van der Waals surface area (Å²) in [7, 11) is 2.12. The number of halogens is 1. The molecule has 2 aliphatic rings. The Morgan fingerprint density at radius 3 is 2.43 bits per heavy atom. The molecule has 0 radical (unpaired) electrons. The fourth-order valence-electron chi connectivity index (χ4n) is 4.63. The molecular weight excluding hydrogens is 379 g/mol. The van der Waals surface area contributed by atoms with Gasteiger partial charge in [0, 0.05) is 32.6 Å². The molecule has 0 aliphatic carbocycles. The molecule has 0 spiro atoms. The Balaban J connectivity index is 1.55. The maximum atomic E-state index is 13.8. The Morgan fingerprint density at radius 1 is 1.07 bits per heavy atom. The van der Waals surface area contributed by atoms with Crippen LogP contribution in [0, 0.1) is 5.82 Å². The Kier molecular flexibility index (Phi) is 6.21. The zero-order valence-corrected chi connectivity index (χ0v) is 17.9. The lowest BCUT2D eigenvalue weighted by Crippen LogP contribution is -2.53. The number of rotatable bonds is 5. The number of benzene rings is 2. The molecule has 2 aliphatic heterocycles. The van der Waals surface area contributed by atoms with Crippen LogP contribution in [0.4, 0.5) is 4.39 Å². The molecule has 4 rings (SSSR count). The van der Waals surface area contributed by atoms with Crippen LogP contribution in [0.2, 0.25) is 0 Å². The van der Waals surface area contributed by atoms with Gasteiger partial charge >= 0.3 is 0 Å². The van der Waals surface area contributed by atoms with E-state index < -0.39 is 5.60 Å². The number of carbonyl (C=O) groups excluding carboxylic acids is 1. The monoisotopic (exact) mass is 410 g/mol. The number of fused-ring (bicyclic) bond motifs is 1. The van der Waals surface area contributed by atoms with Crippen LogP contribution in [0.25, 0.3) is 0 Å². The van der Waals surface area contributed by atoms with Gasteiger partial charge in [-0.3, -0.25) is 4.79 Å². The van der Waals surface area contributed by atoms with Gasteiger partial charge in [-0.1, -0.05) is 36.4 Å². The minimum absolute atomic E-state index is 0.0280. The number of piperidine rings is 1. The highest BCUT2D eigenvalue weighted by Crippen LogP contribution is 2.29. The Hall–Kier alpha value is -2.24. The number of nitrogens with zero attached hydrogens (tertiary/aromatic N) is 2. The molecule has 0 aromatic heterocycles. The fraction of sp³-hybridized carbons (Fsp3) is 0.480. The lowest BCUT2D eigenvalue weighted by molar-refractivity contribution is -0.168. The van der Waals surface area contributed by atoms with E-state index >= 15 is 0 Å². The van der Waals surface area contributed by atoms with Crippen LogP contribution >= 0.6 is 0 Å². The molecule has 0 bridgehead atoms. The summed E-state index contributed by atoms with van der Waals surface area (Å²) in [6.45, 7) is 5.18. The van der Waals surface area contributed by atoms with E-state index in [2.05, 4.69) is 30.1 Å². The van der Waals surface area contributed by atoms with Gasteiger partial charge in [-0.2, -0.15) is 0 Å². The molecule has 5 heteroatoms. The maximum Gasteiger partial charge on any atom is 0.255 e. The van der Waals surface area contributed by atoms with E-state index in [0.29, 0.717) is 19.5 Å². The van der Waals surface area contributed by atoms with E-state index in [4.69, 9.17) is 4.74 Å². The van der Waals surface area contributed by atoms with Crippen molar-refractivity contribution in [1.82, 2.24) is 9.80 Å². The van der Waals surface area contributed by atoms with Crippen molar-refractivity contribution in [3.8, 4) is 0 Å². The van der Waals surface area contributed by atoms with Crippen LogP contribution in [0.1, 0.15) is 36.5 Å². The second-order valence-corrected chi connectivity index (χ2v) is 8.90. The van der Waals surface area contributed by atoms with Gasteiger partial charge in [0.05, 0.1) is 6.10 Å². The highest BCUT2D eigenvalue weighted by Gasteiger charge is 2.41. The first-order valence-corrected chi connectivity index (χ1v) is 10.9. The van der Waals surface area contributed by atoms with Crippen LogP contribution in [0.3, 0.4) is 0 Å². The minimum atomic E-state index is -0.968. The summed E-state index contributed by atoms with van der Waals surface area (Å²) < 4.78 is 20.0. The smallest absolute Gasteiger partial charge is 0.255 e. The van der Waals surface area contributed by atoms with Gasteiger partial charge in [0.1, 0.15) is 11.4 Å². The van der Waals surface area contributed by atoms with Crippen LogP contribution < -0.4 is 0 Å². The SMILES string of the molecule is CN1CCC(OC(C)(Cc2ccc(F)cc2)C(=O)N2CCc3ccccc3C2)CC1. The highest BCUT2D eigenvalue weighted by atomic mass is 19.1. The Bertz CT molecular complexity index is 877. The van der Waals surface area contributed by atoms with Gasteiger partial charge in [-0.25, -0.2) is 4.39 Å². The highest BCUT2D eigenvalue weighted by molar-refractivity contribution is 5.85. The third kappa shape index (κ3) is 4.73. The lowest BCUT2D eigenvalue weighted by Gasteiger charge is -2.40. The fourth-order valence-corrected chi connectivity index (χ4v) is 4.63. The Morgan fingerprint density at radius 2 is 1.73 bits per heavy atom. The van der Waals surface area contributed by atoms with Crippen molar-refractivity contribution in [3.05, 3.63) is 71.0 Å². The Labute approximate surface area is 178 Å². The average molecular weight is 411 g/mol. The lowest BCUT2D eigenvalue weighted by atomic mass is 9.91. The summed E-state index contributed by atoms with van der Waals surface area (Å²) in [5.74, 6) is -0.240. The number of carbonyl (C=O) groups is 1. The molecule has 1 unspecified atom stereocenters. The normalized spacial score (nSPS) is 19.9. The molecule has 1 amide bonds. The van der Waals surface area contributed by atoms with E-state index in [0.717, 1.165) is 37.9 Å². The second-order valence-electron chi connectivity index (χ2n) is 8.90. The summed E-state index contributed by atoms with van der Waals surface area (Å²) in [5, 5.41) is 0. The van der Waals surface area contributed by atoms with Crippen LogP contribution in [0.15, 0.2) is 48.5 Å². The van der Waals surface area contributed by atoms with Gasteiger partial charge in [0.2, 0.25) is 0 Å². The standard InChI is InChI=1S/C25H31FN2O2/c1-25(17-19-7-9-22(26)10-8-19,30-23-12-14-27(2)15-13-23)24(29)28-16-11-20-5-3-4-6-21(20)18-28/h3-10,23H,11-18H2,1-2H3.